The second kappa shape index (κ2) is 6.54. The van der Waals surface area contributed by atoms with Crippen LogP contribution in [0.2, 0.25) is 0 Å². The molecule has 1 saturated carbocycles. The van der Waals surface area contributed by atoms with Gasteiger partial charge in [0.05, 0.1) is 18.4 Å². The molecule has 1 aliphatic carbocycles. The van der Waals surface area contributed by atoms with Crippen molar-refractivity contribution in [3.63, 3.8) is 0 Å². The fourth-order valence-corrected chi connectivity index (χ4v) is 2.65. The molecule has 3 N–H and O–H groups in total. The largest absolute Gasteiger partial charge is 0.481 e. The van der Waals surface area contributed by atoms with Crippen molar-refractivity contribution in [2.75, 3.05) is 13.1 Å². The summed E-state index contributed by atoms with van der Waals surface area (Å²) < 4.78 is 0. The molecule has 0 radical (unpaired) electrons. The zero-order valence-corrected chi connectivity index (χ0v) is 11.5. The molecular formula is C13H22N2O4. The molecule has 108 valence electrons. The maximum absolute atomic E-state index is 12.4. The minimum atomic E-state index is -0.931. The van der Waals surface area contributed by atoms with Crippen molar-refractivity contribution in [3.05, 3.63) is 0 Å². The summed E-state index contributed by atoms with van der Waals surface area (Å²) >= 11 is 0. The number of carboxylic acids is 1. The summed E-state index contributed by atoms with van der Waals surface area (Å²) in [6.07, 6.45) is 1.83. The minimum Gasteiger partial charge on any atom is -0.481 e. The van der Waals surface area contributed by atoms with Crippen molar-refractivity contribution in [3.8, 4) is 0 Å². The zero-order chi connectivity index (χ0) is 14.6. The lowest BCUT2D eigenvalue weighted by molar-refractivity contribution is -0.149. The van der Waals surface area contributed by atoms with Gasteiger partial charge in [-0.2, -0.15) is 0 Å². The van der Waals surface area contributed by atoms with E-state index in [2.05, 4.69) is 0 Å². The molecule has 1 fully saturated rings. The number of amides is 2. The molecule has 6 nitrogen and oxygen atoms in total. The van der Waals surface area contributed by atoms with Crippen molar-refractivity contribution in [2.24, 2.45) is 23.5 Å². The SMILES string of the molecule is CC(C)CN(CC(N)=O)C(=O)[C@@H]1CCC[C@@H]1C(=O)O. The number of nitrogens with zero attached hydrogens (tertiary/aromatic N) is 1. The molecule has 1 rings (SSSR count). The molecule has 0 aliphatic heterocycles. The van der Waals surface area contributed by atoms with Crippen LogP contribution in [0, 0.1) is 17.8 Å². The molecule has 0 aromatic heterocycles. The van der Waals surface area contributed by atoms with Gasteiger partial charge in [0.25, 0.3) is 0 Å². The summed E-state index contributed by atoms with van der Waals surface area (Å²) in [4.78, 5) is 35.9. The molecule has 0 saturated heterocycles. The van der Waals surface area contributed by atoms with E-state index in [1.165, 1.54) is 4.90 Å². The lowest BCUT2D eigenvalue weighted by Crippen LogP contribution is -2.45. The second-order valence-corrected chi connectivity index (χ2v) is 5.56. The number of nitrogens with two attached hydrogens (primary N) is 1. The number of carbonyl (C=O) groups is 3. The van der Waals surface area contributed by atoms with Crippen LogP contribution in [-0.4, -0.2) is 40.9 Å². The second-order valence-electron chi connectivity index (χ2n) is 5.56. The van der Waals surface area contributed by atoms with Crippen LogP contribution < -0.4 is 5.73 Å². The van der Waals surface area contributed by atoms with Gasteiger partial charge in [0.15, 0.2) is 0 Å². The number of hydrogen-bond donors (Lipinski definition) is 2. The summed E-state index contributed by atoms with van der Waals surface area (Å²) in [5.74, 6) is -2.70. The van der Waals surface area contributed by atoms with Gasteiger partial charge in [0.1, 0.15) is 0 Å². The van der Waals surface area contributed by atoms with Crippen molar-refractivity contribution in [2.45, 2.75) is 33.1 Å². The van der Waals surface area contributed by atoms with E-state index < -0.39 is 23.7 Å². The summed E-state index contributed by atoms with van der Waals surface area (Å²) in [7, 11) is 0. The molecule has 0 aromatic rings. The van der Waals surface area contributed by atoms with Gasteiger partial charge < -0.3 is 15.7 Å². The van der Waals surface area contributed by atoms with E-state index >= 15 is 0 Å². The molecule has 0 heterocycles. The summed E-state index contributed by atoms with van der Waals surface area (Å²) in [5.41, 5.74) is 5.15. The highest BCUT2D eigenvalue weighted by Gasteiger charge is 2.39. The van der Waals surface area contributed by atoms with Gasteiger partial charge in [-0.25, -0.2) is 0 Å². The maximum Gasteiger partial charge on any atom is 0.307 e. The third-order valence-electron chi connectivity index (χ3n) is 3.39. The molecule has 2 atom stereocenters. The molecule has 0 unspecified atom stereocenters. The van der Waals surface area contributed by atoms with Gasteiger partial charge in [0.2, 0.25) is 11.8 Å². The molecule has 0 aromatic carbocycles. The molecular weight excluding hydrogens is 248 g/mol. The summed E-state index contributed by atoms with van der Waals surface area (Å²) in [5, 5.41) is 9.12. The van der Waals surface area contributed by atoms with Crippen LogP contribution in [0.1, 0.15) is 33.1 Å². The molecule has 19 heavy (non-hydrogen) atoms. The van der Waals surface area contributed by atoms with E-state index in [1.54, 1.807) is 0 Å². The van der Waals surface area contributed by atoms with Gasteiger partial charge in [-0.3, -0.25) is 14.4 Å². The van der Waals surface area contributed by atoms with Crippen LogP contribution in [0.3, 0.4) is 0 Å². The van der Waals surface area contributed by atoms with Crippen LogP contribution in [0.25, 0.3) is 0 Å². The zero-order valence-electron chi connectivity index (χ0n) is 11.5. The van der Waals surface area contributed by atoms with Crippen LogP contribution in [0.4, 0.5) is 0 Å². The third-order valence-corrected chi connectivity index (χ3v) is 3.39. The monoisotopic (exact) mass is 270 g/mol. The Morgan fingerprint density at radius 3 is 2.32 bits per heavy atom. The highest BCUT2D eigenvalue weighted by atomic mass is 16.4. The standard InChI is InChI=1S/C13H22N2O4/c1-8(2)6-15(7-11(14)16)12(17)9-4-3-5-10(9)13(18)19/h8-10H,3-7H2,1-2H3,(H2,14,16)(H,18,19)/t9-,10+/m1/s1. The van der Waals surface area contributed by atoms with Gasteiger partial charge in [-0.15, -0.1) is 0 Å². The number of hydrogen-bond acceptors (Lipinski definition) is 3. The third kappa shape index (κ3) is 4.22. The molecule has 0 bridgehead atoms. The summed E-state index contributed by atoms with van der Waals surface area (Å²) in [6.45, 7) is 4.15. The van der Waals surface area contributed by atoms with E-state index in [4.69, 9.17) is 10.8 Å². The van der Waals surface area contributed by atoms with Crippen LogP contribution in [-0.2, 0) is 14.4 Å². The predicted octanol–water partition coefficient (Wildman–Crippen LogP) is 0.457. The molecule has 1 aliphatic rings. The quantitative estimate of drug-likeness (QED) is 0.732. The van der Waals surface area contributed by atoms with E-state index in [0.29, 0.717) is 19.4 Å². The fraction of sp³-hybridized carbons (Fsp3) is 0.769. The molecule has 2 amide bonds. The first-order chi connectivity index (χ1) is 8.82. The van der Waals surface area contributed by atoms with E-state index in [0.717, 1.165) is 6.42 Å². The van der Waals surface area contributed by atoms with Crippen molar-refractivity contribution >= 4 is 17.8 Å². The van der Waals surface area contributed by atoms with Crippen LogP contribution in [0.5, 0.6) is 0 Å². The fourth-order valence-electron chi connectivity index (χ4n) is 2.65. The molecule has 0 spiro atoms. The van der Waals surface area contributed by atoms with Crippen molar-refractivity contribution < 1.29 is 19.5 Å². The normalized spacial score (nSPS) is 22.5. The van der Waals surface area contributed by atoms with Crippen LogP contribution >= 0.6 is 0 Å². The lowest BCUT2D eigenvalue weighted by atomic mass is 9.94. The average molecular weight is 270 g/mol. The number of carbonyl (C=O) groups excluding carboxylic acids is 2. The van der Waals surface area contributed by atoms with Gasteiger partial charge in [-0.05, 0) is 18.8 Å². The van der Waals surface area contributed by atoms with Gasteiger partial charge in [0, 0.05) is 6.54 Å². The smallest absolute Gasteiger partial charge is 0.307 e. The van der Waals surface area contributed by atoms with E-state index in [-0.39, 0.29) is 18.4 Å². The van der Waals surface area contributed by atoms with Gasteiger partial charge >= 0.3 is 5.97 Å². The van der Waals surface area contributed by atoms with E-state index in [1.807, 2.05) is 13.8 Å². The Hall–Kier alpha value is -1.59. The summed E-state index contributed by atoms with van der Waals surface area (Å²) in [6, 6.07) is 0. The number of carboxylic acid groups (broad SMARTS) is 1. The topological polar surface area (TPSA) is 101 Å². The Balaban J connectivity index is 2.79. The Kier molecular flexibility index (Phi) is 5.32. The lowest BCUT2D eigenvalue weighted by Gasteiger charge is -2.27. The first-order valence-corrected chi connectivity index (χ1v) is 6.62. The highest BCUT2D eigenvalue weighted by molar-refractivity contribution is 5.88. The average Bonchev–Trinajstić information content (AvgIpc) is 2.74. The predicted molar refractivity (Wildman–Crippen MR) is 69.1 cm³/mol. The van der Waals surface area contributed by atoms with E-state index in [9.17, 15) is 14.4 Å². The Morgan fingerprint density at radius 1 is 1.26 bits per heavy atom. The minimum absolute atomic E-state index is 0.139. The Bertz CT molecular complexity index is 368. The maximum atomic E-state index is 12.4. The Morgan fingerprint density at radius 2 is 1.84 bits per heavy atom. The number of primary amides is 1. The molecule has 6 heteroatoms. The Labute approximate surface area is 112 Å². The first-order valence-electron chi connectivity index (χ1n) is 6.62. The van der Waals surface area contributed by atoms with Crippen molar-refractivity contribution in [1.82, 2.24) is 4.90 Å². The number of rotatable bonds is 6. The first kappa shape index (κ1) is 15.5. The van der Waals surface area contributed by atoms with Gasteiger partial charge in [-0.1, -0.05) is 20.3 Å². The van der Waals surface area contributed by atoms with Crippen molar-refractivity contribution in [1.29, 1.82) is 0 Å². The van der Waals surface area contributed by atoms with Crippen LogP contribution in [0.15, 0.2) is 0 Å². The number of aliphatic carboxylic acids is 1. The highest BCUT2D eigenvalue weighted by Crippen LogP contribution is 2.33.